The zero-order valence-corrected chi connectivity index (χ0v) is 9.84. The van der Waals surface area contributed by atoms with E-state index < -0.39 is 40.2 Å². The molecule has 0 saturated carbocycles. The third kappa shape index (κ3) is 2.50. The molecule has 2 rings (SSSR count). The first-order valence-electron chi connectivity index (χ1n) is 5.42. The van der Waals surface area contributed by atoms with Crippen molar-refractivity contribution in [1.82, 2.24) is 4.90 Å². The monoisotopic (exact) mass is 299 g/mol. The molecule has 1 aliphatic rings. The highest BCUT2D eigenvalue weighted by atomic mass is 19.2. The third-order valence-corrected chi connectivity index (χ3v) is 2.54. The predicted molar refractivity (Wildman–Crippen MR) is 50.8 cm³/mol. The molecule has 20 heavy (non-hydrogen) atoms. The molecule has 0 N–H and O–H groups in total. The van der Waals surface area contributed by atoms with Crippen LogP contribution in [0.4, 0.5) is 26.7 Å². The number of aromatic nitrogens is 1. The van der Waals surface area contributed by atoms with Gasteiger partial charge in [-0.3, -0.25) is 4.90 Å². The Balaban J connectivity index is 2.27. The maximum absolute atomic E-state index is 13.3. The summed E-state index contributed by atoms with van der Waals surface area (Å²) in [6, 6.07) is 0. The van der Waals surface area contributed by atoms with Gasteiger partial charge >= 0.3 is 18.0 Å². The maximum atomic E-state index is 13.3. The Morgan fingerprint density at radius 2 is 1.50 bits per heavy atom. The van der Waals surface area contributed by atoms with E-state index in [0.29, 0.717) is 0 Å². The normalized spacial score (nSPS) is 15.3. The first-order valence-corrected chi connectivity index (χ1v) is 5.42. The molecule has 5 nitrogen and oxygen atoms in total. The Morgan fingerprint density at radius 1 is 1.00 bits per heavy atom. The molecule has 0 aromatic carbocycles. The molecule has 0 atom stereocenters. The summed E-state index contributed by atoms with van der Waals surface area (Å²) < 4.78 is 69.3. The first-order chi connectivity index (χ1) is 9.43. The van der Waals surface area contributed by atoms with Gasteiger partial charge in [0.1, 0.15) is 0 Å². The number of nitrogens with zero attached hydrogens (tertiary/aromatic N) is 2. The van der Waals surface area contributed by atoms with Crippen molar-refractivity contribution in [3.05, 3.63) is 29.3 Å². The minimum absolute atomic E-state index is 0.0782. The van der Waals surface area contributed by atoms with E-state index >= 15 is 0 Å². The predicted octanol–water partition coefficient (Wildman–Crippen LogP) is 0.550. The fraction of sp³-hybridized carbons (Fsp3) is 0.400. The van der Waals surface area contributed by atoms with Crippen LogP contribution in [-0.2, 0) is 4.74 Å². The smallest absolute Gasteiger partial charge is 0.378 e. The van der Waals surface area contributed by atoms with Crippen molar-refractivity contribution in [1.29, 1.82) is 0 Å². The van der Waals surface area contributed by atoms with Crippen LogP contribution in [-0.4, -0.2) is 37.3 Å². The van der Waals surface area contributed by atoms with Gasteiger partial charge in [0.15, 0.2) is 0 Å². The van der Waals surface area contributed by atoms with Crippen LogP contribution in [0.25, 0.3) is 0 Å². The molecule has 0 unspecified atom stereocenters. The van der Waals surface area contributed by atoms with Crippen molar-refractivity contribution >= 4 is 6.09 Å². The number of amides is 1. The van der Waals surface area contributed by atoms with Crippen LogP contribution in [0.15, 0.2) is 0 Å². The van der Waals surface area contributed by atoms with Gasteiger partial charge in [-0.15, -0.1) is 8.78 Å². The number of carbonyl (C=O) groups excluding carboxylic acids is 1. The van der Waals surface area contributed by atoms with E-state index in [0.717, 1.165) is 4.90 Å². The summed E-state index contributed by atoms with van der Waals surface area (Å²) in [5.74, 6) is -11.3. The van der Waals surface area contributed by atoms with Gasteiger partial charge in [0.05, 0.1) is 17.9 Å². The Kier molecular flexibility index (Phi) is 4.02. The van der Waals surface area contributed by atoms with Gasteiger partial charge in [0.25, 0.3) is 11.6 Å². The summed E-state index contributed by atoms with van der Waals surface area (Å²) in [6.45, 7) is 0.511. The molecular formula is C10H8F5N2O3+. The number of hydrogen-bond donors (Lipinski definition) is 0. The Labute approximate surface area is 109 Å². The van der Waals surface area contributed by atoms with Crippen molar-refractivity contribution in [2.45, 2.75) is 0 Å². The van der Waals surface area contributed by atoms with Gasteiger partial charge in [-0.05, 0) is 0 Å². The highest BCUT2D eigenvalue weighted by Crippen LogP contribution is 2.13. The first kappa shape index (κ1) is 14.4. The van der Waals surface area contributed by atoms with Gasteiger partial charge in [-0.2, -0.15) is 18.0 Å². The van der Waals surface area contributed by atoms with Gasteiger partial charge < -0.3 is 4.74 Å². The summed E-state index contributed by atoms with van der Waals surface area (Å²) >= 11 is 0. The fourth-order valence-corrected chi connectivity index (χ4v) is 1.50. The molecule has 0 spiro atoms. The second-order valence-electron chi connectivity index (χ2n) is 3.77. The Hall–Kier alpha value is -1.97. The maximum Gasteiger partial charge on any atom is 0.478 e. The molecule has 1 aliphatic heterocycles. The van der Waals surface area contributed by atoms with E-state index in [1.807, 2.05) is 0 Å². The van der Waals surface area contributed by atoms with E-state index in [1.54, 1.807) is 0 Å². The lowest BCUT2D eigenvalue weighted by atomic mass is 10.4. The number of ether oxygens (including phenoxy) is 1. The molecule has 10 heteroatoms. The minimum Gasteiger partial charge on any atom is -0.378 e. The van der Waals surface area contributed by atoms with Crippen LogP contribution < -0.4 is 9.57 Å². The van der Waals surface area contributed by atoms with Crippen molar-refractivity contribution in [3.8, 4) is 0 Å². The van der Waals surface area contributed by atoms with Gasteiger partial charge in [0, 0.05) is 13.1 Å². The van der Waals surface area contributed by atoms with Gasteiger partial charge in [0.2, 0.25) is 5.82 Å². The second kappa shape index (κ2) is 5.57. The molecule has 1 fully saturated rings. The molecule has 0 radical (unpaired) electrons. The van der Waals surface area contributed by atoms with Crippen LogP contribution >= 0.6 is 0 Å². The largest absolute Gasteiger partial charge is 0.478 e. The molecule has 110 valence electrons. The molecule has 1 aromatic heterocycles. The minimum atomic E-state index is -2.33. The van der Waals surface area contributed by atoms with Crippen LogP contribution in [0.1, 0.15) is 0 Å². The van der Waals surface area contributed by atoms with Gasteiger partial charge in [-0.25, -0.2) is 4.79 Å². The lowest BCUT2D eigenvalue weighted by Gasteiger charge is -2.23. The zero-order chi connectivity index (χ0) is 14.9. The van der Waals surface area contributed by atoms with Gasteiger partial charge in [-0.1, -0.05) is 0 Å². The molecule has 1 amide bonds. The molecule has 1 aromatic rings. The quantitative estimate of drug-likeness (QED) is 0.432. The summed E-state index contributed by atoms with van der Waals surface area (Å²) in [4.78, 5) is 16.7. The summed E-state index contributed by atoms with van der Waals surface area (Å²) in [6.07, 6.45) is -1.25. The molecule has 0 bridgehead atoms. The number of pyridine rings is 1. The lowest BCUT2D eigenvalue weighted by Crippen LogP contribution is -2.58. The number of hydrogen-bond acceptors (Lipinski definition) is 3. The molecule has 2 heterocycles. The topological polar surface area (TPSA) is 42.7 Å². The van der Waals surface area contributed by atoms with E-state index in [4.69, 9.17) is 4.74 Å². The zero-order valence-electron chi connectivity index (χ0n) is 9.84. The highest BCUT2D eigenvalue weighted by molar-refractivity contribution is 5.67. The average Bonchev–Trinajstić information content (AvgIpc) is 2.48. The number of halogens is 5. The summed E-state index contributed by atoms with van der Waals surface area (Å²) in [5, 5.41) is 0. The van der Waals surface area contributed by atoms with E-state index in [1.165, 1.54) is 0 Å². The Morgan fingerprint density at radius 3 is 2.00 bits per heavy atom. The van der Waals surface area contributed by atoms with Crippen molar-refractivity contribution in [3.63, 3.8) is 0 Å². The van der Waals surface area contributed by atoms with E-state index in [2.05, 4.69) is 4.84 Å². The number of morpholine rings is 1. The number of rotatable bonds is 1. The third-order valence-electron chi connectivity index (χ3n) is 2.54. The number of carbonyl (C=O) groups is 1. The van der Waals surface area contributed by atoms with E-state index in [9.17, 15) is 26.7 Å². The molecule has 0 aliphatic carbocycles. The van der Waals surface area contributed by atoms with Crippen molar-refractivity contribution < 1.29 is 41.1 Å². The van der Waals surface area contributed by atoms with Crippen LogP contribution in [0.2, 0.25) is 0 Å². The SMILES string of the molecule is O=C(O[n+]1c(F)c(F)c(F)c(F)c1F)N1CCOCC1. The summed E-state index contributed by atoms with van der Waals surface area (Å²) in [5.41, 5.74) is 0. The van der Waals surface area contributed by atoms with Crippen molar-refractivity contribution in [2.24, 2.45) is 0 Å². The van der Waals surface area contributed by atoms with E-state index in [-0.39, 0.29) is 26.3 Å². The lowest BCUT2D eigenvalue weighted by molar-refractivity contribution is -0.911. The van der Waals surface area contributed by atoms with Crippen LogP contribution in [0.3, 0.4) is 0 Å². The second-order valence-corrected chi connectivity index (χ2v) is 3.77. The fourth-order valence-electron chi connectivity index (χ4n) is 1.50. The Bertz CT molecular complexity index is 519. The average molecular weight is 299 g/mol. The summed E-state index contributed by atoms with van der Waals surface area (Å²) in [7, 11) is 0. The van der Waals surface area contributed by atoms with Crippen molar-refractivity contribution in [2.75, 3.05) is 26.3 Å². The molecule has 1 saturated heterocycles. The highest BCUT2D eigenvalue weighted by Gasteiger charge is 2.38. The molecular weight excluding hydrogens is 291 g/mol. The standard InChI is InChI=1S/C10H8F5N2O3/c11-5-6(12)8(14)17(9(15)7(5)13)20-10(18)16-1-3-19-4-2-16/h1-4H2/q+1. The van der Waals surface area contributed by atoms with Crippen LogP contribution in [0.5, 0.6) is 0 Å². The van der Waals surface area contributed by atoms with Crippen LogP contribution in [0, 0.1) is 29.3 Å².